The molecule has 0 heterocycles. The third-order valence-corrected chi connectivity index (χ3v) is 3.11. The molecule has 21 heavy (non-hydrogen) atoms. The van der Waals surface area contributed by atoms with E-state index in [-0.39, 0.29) is 12.3 Å². The fourth-order valence-electron chi connectivity index (χ4n) is 1.75. The molecule has 0 aliphatic rings. The molecule has 1 aromatic carbocycles. The average Bonchev–Trinajstić information content (AvgIpc) is 2.44. The van der Waals surface area contributed by atoms with Crippen LogP contribution in [0.15, 0.2) is 24.3 Å². The van der Waals surface area contributed by atoms with Crippen LogP contribution < -0.4 is 10.1 Å². The Hall–Kier alpha value is -2.04. The lowest BCUT2D eigenvalue weighted by molar-refractivity contribution is -0.141. The summed E-state index contributed by atoms with van der Waals surface area (Å²) in [5.41, 5.74) is 1.25. The van der Waals surface area contributed by atoms with Gasteiger partial charge in [-0.05, 0) is 37.0 Å². The van der Waals surface area contributed by atoms with Gasteiger partial charge in [0.1, 0.15) is 11.8 Å². The lowest BCUT2D eigenvalue weighted by atomic mass is 10.0. The summed E-state index contributed by atoms with van der Waals surface area (Å²) in [6.45, 7) is 6.13. The zero-order valence-corrected chi connectivity index (χ0v) is 12.8. The topological polar surface area (TPSA) is 75.6 Å². The van der Waals surface area contributed by atoms with Gasteiger partial charge in [-0.15, -0.1) is 0 Å². The normalized spacial score (nSPS) is 12.0. The van der Waals surface area contributed by atoms with Gasteiger partial charge in [0.05, 0.1) is 6.61 Å². The minimum Gasteiger partial charge on any atom is -0.494 e. The highest BCUT2D eigenvalue weighted by molar-refractivity contribution is 5.83. The summed E-state index contributed by atoms with van der Waals surface area (Å²) >= 11 is 0. The quantitative estimate of drug-likeness (QED) is 0.722. The second-order valence-electron chi connectivity index (χ2n) is 5.30. The largest absolute Gasteiger partial charge is 0.494 e. The molecule has 2 N–H and O–H groups in total. The molecule has 0 saturated carbocycles. The standard InChI is InChI=1S/C16H23NO4/c1-11(2)13-6-8-14(9-7-13)21-10-4-5-15(18)17-12(3)16(19)20/h6-9,11-12H,4-5,10H2,1-3H3,(H,17,18)(H,19,20). The number of ether oxygens (including phenoxy) is 1. The number of hydrogen-bond donors (Lipinski definition) is 2. The Morgan fingerprint density at radius 1 is 1.19 bits per heavy atom. The molecule has 5 nitrogen and oxygen atoms in total. The minimum absolute atomic E-state index is 0.252. The summed E-state index contributed by atoms with van der Waals surface area (Å²) in [5, 5.41) is 11.1. The number of nitrogens with one attached hydrogen (secondary N) is 1. The van der Waals surface area contributed by atoms with Crippen LogP contribution in [-0.4, -0.2) is 29.6 Å². The number of amides is 1. The number of aliphatic carboxylic acids is 1. The molecule has 116 valence electrons. The van der Waals surface area contributed by atoms with Gasteiger partial charge >= 0.3 is 5.97 Å². The van der Waals surface area contributed by atoms with Crippen LogP contribution in [0.4, 0.5) is 0 Å². The van der Waals surface area contributed by atoms with Crippen molar-refractivity contribution in [2.45, 2.75) is 45.6 Å². The maximum absolute atomic E-state index is 11.5. The summed E-state index contributed by atoms with van der Waals surface area (Å²) in [5.74, 6) is -0.0498. The van der Waals surface area contributed by atoms with Crippen molar-refractivity contribution in [3.8, 4) is 5.75 Å². The van der Waals surface area contributed by atoms with Gasteiger partial charge in [-0.2, -0.15) is 0 Å². The molecule has 0 saturated heterocycles. The molecule has 0 spiro atoms. The maximum Gasteiger partial charge on any atom is 0.325 e. The first kappa shape index (κ1) is 17.0. The molecule has 0 aromatic heterocycles. The number of rotatable bonds is 8. The Balaban J connectivity index is 2.24. The van der Waals surface area contributed by atoms with Gasteiger partial charge in [-0.3, -0.25) is 9.59 Å². The van der Waals surface area contributed by atoms with Crippen molar-refractivity contribution >= 4 is 11.9 Å². The summed E-state index contributed by atoms with van der Waals surface area (Å²) in [4.78, 5) is 22.0. The van der Waals surface area contributed by atoms with Crippen molar-refractivity contribution in [3.63, 3.8) is 0 Å². The third-order valence-electron chi connectivity index (χ3n) is 3.11. The number of carbonyl (C=O) groups excluding carboxylic acids is 1. The van der Waals surface area contributed by atoms with Crippen LogP contribution in [-0.2, 0) is 9.59 Å². The van der Waals surface area contributed by atoms with E-state index in [1.807, 2.05) is 24.3 Å². The second-order valence-corrected chi connectivity index (χ2v) is 5.30. The van der Waals surface area contributed by atoms with E-state index in [1.54, 1.807) is 0 Å². The van der Waals surface area contributed by atoms with Gasteiger partial charge < -0.3 is 15.2 Å². The van der Waals surface area contributed by atoms with Crippen LogP contribution >= 0.6 is 0 Å². The lowest BCUT2D eigenvalue weighted by Crippen LogP contribution is -2.38. The van der Waals surface area contributed by atoms with E-state index in [2.05, 4.69) is 19.2 Å². The van der Waals surface area contributed by atoms with Crippen molar-refractivity contribution in [1.82, 2.24) is 5.32 Å². The van der Waals surface area contributed by atoms with E-state index >= 15 is 0 Å². The molecule has 0 aliphatic heterocycles. The molecule has 0 radical (unpaired) electrons. The van der Waals surface area contributed by atoms with Crippen molar-refractivity contribution in [2.75, 3.05) is 6.61 Å². The molecular weight excluding hydrogens is 270 g/mol. The lowest BCUT2D eigenvalue weighted by Gasteiger charge is -2.10. The average molecular weight is 293 g/mol. The zero-order chi connectivity index (χ0) is 15.8. The molecule has 0 aliphatic carbocycles. The van der Waals surface area contributed by atoms with E-state index < -0.39 is 12.0 Å². The highest BCUT2D eigenvalue weighted by atomic mass is 16.5. The first-order valence-electron chi connectivity index (χ1n) is 7.15. The first-order chi connectivity index (χ1) is 9.90. The number of benzene rings is 1. The minimum atomic E-state index is -1.04. The molecule has 0 fully saturated rings. The zero-order valence-electron chi connectivity index (χ0n) is 12.8. The van der Waals surface area contributed by atoms with E-state index in [4.69, 9.17) is 9.84 Å². The van der Waals surface area contributed by atoms with Gasteiger partial charge in [0.15, 0.2) is 0 Å². The fourth-order valence-corrected chi connectivity index (χ4v) is 1.75. The number of carbonyl (C=O) groups is 2. The monoisotopic (exact) mass is 293 g/mol. The maximum atomic E-state index is 11.5. The predicted molar refractivity (Wildman–Crippen MR) is 80.5 cm³/mol. The number of hydrogen-bond acceptors (Lipinski definition) is 3. The smallest absolute Gasteiger partial charge is 0.325 e. The van der Waals surface area contributed by atoms with Crippen LogP contribution in [0, 0.1) is 0 Å². The Labute approximate surface area is 125 Å². The summed E-state index contributed by atoms with van der Waals surface area (Å²) in [7, 11) is 0. The summed E-state index contributed by atoms with van der Waals surface area (Å²) < 4.78 is 5.55. The Morgan fingerprint density at radius 3 is 2.33 bits per heavy atom. The van der Waals surface area contributed by atoms with Crippen LogP contribution in [0.2, 0.25) is 0 Å². The molecule has 1 rings (SSSR count). The van der Waals surface area contributed by atoms with E-state index in [0.29, 0.717) is 18.9 Å². The molecule has 1 unspecified atom stereocenters. The molecular formula is C16H23NO4. The SMILES string of the molecule is CC(NC(=O)CCCOc1ccc(C(C)C)cc1)C(=O)O. The van der Waals surface area contributed by atoms with Crippen LogP contribution in [0.3, 0.4) is 0 Å². The second kappa shape index (κ2) is 8.29. The van der Waals surface area contributed by atoms with Crippen LogP contribution in [0.5, 0.6) is 5.75 Å². The van der Waals surface area contributed by atoms with Crippen LogP contribution in [0.1, 0.15) is 45.1 Å². The molecule has 0 bridgehead atoms. The Morgan fingerprint density at radius 2 is 1.81 bits per heavy atom. The van der Waals surface area contributed by atoms with E-state index in [0.717, 1.165) is 5.75 Å². The summed E-state index contributed by atoms with van der Waals surface area (Å²) in [6, 6.07) is 7.04. The molecule has 1 atom stereocenters. The van der Waals surface area contributed by atoms with Gasteiger partial charge in [0.2, 0.25) is 5.91 Å². The first-order valence-corrected chi connectivity index (χ1v) is 7.15. The van der Waals surface area contributed by atoms with Gasteiger partial charge in [-0.1, -0.05) is 26.0 Å². The highest BCUT2D eigenvalue weighted by Crippen LogP contribution is 2.18. The van der Waals surface area contributed by atoms with Crippen molar-refractivity contribution < 1.29 is 19.4 Å². The van der Waals surface area contributed by atoms with Crippen molar-refractivity contribution in [1.29, 1.82) is 0 Å². The van der Waals surface area contributed by atoms with Gasteiger partial charge in [0.25, 0.3) is 0 Å². The van der Waals surface area contributed by atoms with Crippen LogP contribution in [0.25, 0.3) is 0 Å². The molecule has 1 amide bonds. The fraction of sp³-hybridized carbons (Fsp3) is 0.500. The van der Waals surface area contributed by atoms with Crippen molar-refractivity contribution in [3.05, 3.63) is 29.8 Å². The van der Waals surface area contributed by atoms with Crippen molar-refractivity contribution in [2.24, 2.45) is 0 Å². The van der Waals surface area contributed by atoms with E-state index in [9.17, 15) is 9.59 Å². The number of carboxylic acid groups (broad SMARTS) is 1. The molecule has 5 heteroatoms. The van der Waals surface area contributed by atoms with E-state index in [1.165, 1.54) is 12.5 Å². The highest BCUT2D eigenvalue weighted by Gasteiger charge is 2.13. The molecule has 1 aromatic rings. The number of carboxylic acids is 1. The van der Waals surface area contributed by atoms with Gasteiger partial charge in [-0.25, -0.2) is 0 Å². The predicted octanol–water partition coefficient (Wildman–Crippen LogP) is 2.56. The Bertz CT molecular complexity index is 468. The Kier molecular flexibility index (Phi) is 6.72. The summed E-state index contributed by atoms with van der Waals surface area (Å²) in [6.07, 6.45) is 0.797. The van der Waals surface area contributed by atoms with Gasteiger partial charge in [0, 0.05) is 6.42 Å². The third kappa shape index (κ3) is 6.29.